The number of halogens is 1. The van der Waals surface area contributed by atoms with E-state index in [4.69, 9.17) is 9.47 Å². The van der Waals surface area contributed by atoms with E-state index < -0.39 is 5.97 Å². The van der Waals surface area contributed by atoms with Crippen molar-refractivity contribution in [2.45, 2.75) is 18.1 Å². The van der Waals surface area contributed by atoms with Crippen molar-refractivity contribution in [2.24, 2.45) is 10.9 Å². The van der Waals surface area contributed by atoms with Crippen molar-refractivity contribution in [1.82, 2.24) is 0 Å². The minimum atomic E-state index is -0.442. The number of hydrogen-bond acceptors (Lipinski definition) is 5. The van der Waals surface area contributed by atoms with Crippen molar-refractivity contribution in [3.8, 4) is 0 Å². The van der Waals surface area contributed by atoms with Gasteiger partial charge in [0.15, 0.2) is 0 Å². The van der Waals surface area contributed by atoms with Gasteiger partial charge in [0.2, 0.25) is 0 Å². The topological polar surface area (TPSA) is 47.9 Å². The Hall–Kier alpha value is -2.60. The lowest BCUT2D eigenvalue weighted by Crippen LogP contribution is -2.09. The van der Waals surface area contributed by atoms with Crippen molar-refractivity contribution < 1.29 is 18.7 Å². The molecule has 1 unspecified atom stereocenters. The number of carbonyl (C=O) groups is 1. The number of methoxy groups -OCH3 is 2. The molecule has 2 aromatic rings. The van der Waals surface area contributed by atoms with Crippen molar-refractivity contribution in [2.75, 3.05) is 14.2 Å². The summed E-state index contributed by atoms with van der Waals surface area (Å²) in [5.41, 5.74) is 4.54. The maximum absolute atomic E-state index is 13.3. The van der Waals surface area contributed by atoms with Gasteiger partial charge in [-0.05, 0) is 48.1 Å². The first-order chi connectivity index (χ1) is 13.6. The van der Waals surface area contributed by atoms with Gasteiger partial charge in [0, 0.05) is 5.25 Å². The zero-order valence-corrected chi connectivity index (χ0v) is 16.6. The Morgan fingerprint density at radius 2 is 2.00 bits per heavy atom. The average Bonchev–Trinajstić information content (AvgIpc) is 3.54. The van der Waals surface area contributed by atoms with Gasteiger partial charge >= 0.3 is 5.97 Å². The molecule has 2 aromatic carbocycles. The first kappa shape index (κ1) is 20.1. The molecule has 0 saturated heterocycles. The molecule has 0 aromatic heterocycles. The largest absolute Gasteiger partial charge is 0.503 e. The Morgan fingerprint density at radius 3 is 2.68 bits per heavy atom. The molecule has 28 heavy (non-hydrogen) atoms. The Morgan fingerprint density at radius 1 is 1.21 bits per heavy atom. The molecule has 6 heteroatoms. The number of thioether (sulfide) groups is 1. The third-order valence-electron chi connectivity index (χ3n) is 4.47. The molecule has 0 spiro atoms. The summed E-state index contributed by atoms with van der Waals surface area (Å²) in [6.45, 7) is 0. The van der Waals surface area contributed by atoms with Crippen LogP contribution in [0.3, 0.4) is 0 Å². The number of hydrogen-bond donors (Lipinski definition) is 0. The van der Waals surface area contributed by atoms with Crippen LogP contribution in [0, 0.1) is 11.7 Å². The molecule has 0 N–H and O–H groups in total. The highest BCUT2D eigenvalue weighted by molar-refractivity contribution is 8.12. The monoisotopic (exact) mass is 399 g/mol. The molecular weight excluding hydrogens is 377 g/mol. The minimum absolute atomic E-state index is 0.137. The highest BCUT2D eigenvalue weighted by Gasteiger charge is 2.34. The van der Waals surface area contributed by atoms with Crippen molar-refractivity contribution >= 4 is 34.5 Å². The first-order valence-corrected chi connectivity index (χ1v) is 9.92. The fraction of sp³-hybridized carbons (Fsp3) is 0.273. The van der Waals surface area contributed by atoms with E-state index >= 15 is 0 Å². The van der Waals surface area contributed by atoms with E-state index in [1.807, 2.05) is 24.3 Å². The van der Waals surface area contributed by atoms with E-state index in [1.165, 1.54) is 32.6 Å². The van der Waals surface area contributed by atoms with E-state index in [0.29, 0.717) is 17.2 Å². The predicted octanol–water partition coefficient (Wildman–Crippen LogP) is 5.53. The van der Waals surface area contributed by atoms with Gasteiger partial charge in [0.1, 0.15) is 11.4 Å². The van der Waals surface area contributed by atoms with Crippen molar-refractivity contribution in [1.29, 1.82) is 0 Å². The van der Waals surface area contributed by atoms with Crippen LogP contribution in [0.1, 0.15) is 29.2 Å². The molecule has 146 valence electrons. The molecule has 0 aliphatic heterocycles. The lowest BCUT2D eigenvalue weighted by atomic mass is 9.96. The molecule has 0 bridgehead atoms. The predicted molar refractivity (Wildman–Crippen MR) is 111 cm³/mol. The van der Waals surface area contributed by atoms with Gasteiger partial charge in [-0.3, -0.25) is 0 Å². The van der Waals surface area contributed by atoms with Crippen molar-refractivity contribution in [3.05, 3.63) is 71.7 Å². The summed E-state index contributed by atoms with van der Waals surface area (Å²) in [4.78, 5) is 16.6. The Labute approximate surface area is 168 Å². The summed E-state index contributed by atoms with van der Waals surface area (Å²) in [7, 11) is 2.86. The third-order valence-corrected chi connectivity index (χ3v) is 5.63. The molecule has 0 amide bonds. The van der Waals surface area contributed by atoms with Crippen LogP contribution in [0.2, 0.25) is 0 Å². The molecule has 1 atom stereocenters. The van der Waals surface area contributed by atoms with E-state index in [0.717, 1.165) is 24.0 Å². The lowest BCUT2D eigenvalue weighted by molar-refractivity contribution is -0.133. The van der Waals surface area contributed by atoms with Gasteiger partial charge in [-0.15, -0.1) is 11.8 Å². The number of nitrogens with zero attached hydrogens (tertiary/aromatic N) is 1. The molecule has 1 aliphatic carbocycles. The fourth-order valence-corrected chi connectivity index (χ4v) is 4.15. The van der Waals surface area contributed by atoms with Gasteiger partial charge in [0.25, 0.3) is 0 Å². The quantitative estimate of drug-likeness (QED) is 0.192. The second-order valence-electron chi connectivity index (χ2n) is 6.45. The fourth-order valence-electron chi connectivity index (χ4n) is 2.99. The highest BCUT2D eigenvalue weighted by atomic mass is 32.2. The van der Waals surface area contributed by atoms with Crippen LogP contribution in [-0.2, 0) is 14.3 Å². The van der Waals surface area contributed by atoms with Crippen LogP contribution in [0.4, 0.5) is 10.1 Å². The lowest BCUT2D eigenvalue weighted by Gasteiger charge is -2.19. The molecule has 4 nitrogen and oxygen atoms in total. The van der Waals surface area contributed by atoms with Gasteiger partial charge in [0.05, 0.1) is 31.7 Å². The summed E-state index contributed by atoms with van der Waals surface area (Å²) in [5.74, 6) is -0.245. The summed E-state index contributed by atoms with van der Waals surface area (Å²) >= 11 is 1.58. The van der Waals surface area contributed by atoms with E-state index in [-0.39, 0.29) is 11.1 Å². The van der Waals surface area contributed by atoms with Gasteiger partial charge in [-0.2, -0.15) is 0 Å². The summed E-state index contributed by atoms with van der Waals surface area (Å²) in [6.07, 6.45) is 3.67. The Kier molecular flexibility index (Phi) is 6.87. The highest BCUT2D eigenvalue weighted by Crippen LogP contribution is 2.50. The van der Waals surface area contributed by atoms with Crippen LogP contribution in [-0.4, -0.2) is 25.7 Å². The van der Waals surface area contributed by atoms with Gasteiger partial charge < -0.3 is 9.47 Å². The maximum Gasteiger partial charge on any atom is 0.341 e. The number of benzene rings is 2. The number of aliphatic imine (C=N–C) groups is 1. The molecule has 0 radical (unpaired) electrons. The number of esters is 1. The standard InChI is InChI=1S/C22H22FNO3S/c1-26-13-20(22(25)27-2)18-8-3-4-9-19(18)21(15-10-11-15)28-14-24-17-7-5-6-16(23)12-17/h3-9,12-15,21H,10-11H2,1-2H3/b20-13+,24-14?. The molecule has 0 heterocycles. The summed E-state index contributed by atoms with van der Waals surface area (Å²) in [5, 5.41) is 0.137. The molecule has 1 saturated carbocycles. The van der Waals surface area contributed by atoms with Crippen LogP contribution in [0.5, 0.6) is 0 Å². The van der Waals surface area contributed by atoms with Crippen molar-refractivity contribution in [3.63, 3.8) is 0 Å². The Bertz CT molecular complexity index is 893. The summed E-state index contributed by atoms with van der Waals surface area (Å²) < 4.78 is 23.4. The van der Waals surface area contributed by atoms with Gasteiger partial charge in [-0.25, -0.2) is 14.2 Å². The van der Waals surface area contributed by atoms with E-state index in [2.05, 4.69) is 4.99 Å². The zero-order valence-electron chi connectivity index (χ0n) is 15.8. The molecule has 3 rings (SSSR count). The second kappa shape index (κ2) is 9.55. The number of rotatable bonds is 8. The van der Waals surface area contributed by atoms with E-state index in [1.54, 1.807) is 29.4 Å². The van der Waals surface area contributed by atoms with Crippen LogP contribution < -0.4 is 0 Å². The summed E-state index contributed by atoms with van der Waals surface area (Å²) in [6, 6.07) is 14.0. The van der Waals surface area contributed by atoms with Crippen LogP contribution in [0.15, 0.2) is 59.8 Å². The third kappa shape index (κ3) is 5.01. The molecule has 1 fully saturated rings. The number of carbonyl (C=O) groups excluding carboxylic acids is 1. The Balaban J connectivity index is 1.89. The normalized spacial score (nSPS) is 15.5. The molecule has 1 aliphatic rings. The SMILES string of the molecule is CO/C=C(/C(=O)OC)c1ccccc1C(SC=Nc1cccc(F)c1)C1CC1. The van der Waals surface area contributed by atoms with E-state index in [9.17, 15) is 9.18 Å². The first-order valence-electron chi connectivity index (χ1n) is 8.98. The second-order valence-corrected chi connectivity index (χ2v) is 7.45. The average molecular weight is 399 g/mol. The zero-order chi connectivity index (χ0) is 19.9. The van der Waals surface area contributed by atoms with Crippen LogP contribution in [0.25, 0.3) is 5.57 Å². The minimum Gasteiger partial charge on any atom is -0.503 e. The smallest absolute Gasteiger partial charge is 0.341 e. The number of ether oxygens (including phenoxy) is 2. The van der Waals surface area contributed by atoms with Crippen LogP contribution >= 0.6 is 11.8 Å². The van der Waals surface area contributed by atoms with Gasteiger partial charge in [-0.1, -0.05) is 30.3 Å². The maximum atomic E-state index is 13.3. The molecular formula is C22H22FNO3S.